The van der Waals surface area contributed by atoms with Crippen LogP contribution in [0.3, 0.4) is 0 Å². The fourth-order valence-corrected chi connectivity index (χ4v) is 4.33. The molecule has 0 aromatic carbocycles. The van der Waals surface area contributed by atoms with Crippen LogP contribution in [-0.2, 0) is 4.79 Å². The molecule has 0 fully saturated rings. The van der Waals surface area contributed by atoms with Crippen molar-refractivity contribution < 1.29 is 9.59 Å². The molecule has 0 unspecified atom stereocenters. The third kappa shape index (κ3) is 4.24. The van der Waals surface area contributed by atoms with Crippen LogP contribution in [0.25, 0.3) is 10.2 Å². The van der Waals surface area contributed by atoms with Gasteiger partial charge in [0.2, 0.25) is 5.91 Å². The van der Waals surface area contributed by atoms with E-state index in [1.807, 2.05) is 27.7 Å². The lowest BCUT2D eigenvalue weighted by Crippen LogP contribution is -2.45. The number of hydrogen-bond acceptors (Lipinski definition) is 6. The van der Waals surface area contributed by atoms with Crippen molar-refractivity contribution in [2.45, 2.75) is 57.9 Å². The quantitative estimate of drug-likeness (QED) is 0.640. The van der Waals surface area contributed by atoms with Crippen LogP contribution in [0.15, 0.2) is 5.03 Å². The van der Waals surface area contributed by atoms with Crippen molar-refractivity contribution in [2.75, 3.05) is 0 Å². The monoisotopic (exact) mass is 366 g/mol. The molecule has 2 rings (SSSR count). The summed E-state index contributed by atoms with van der Waals surface area (Å²) in [4.78, 5) is 35.0. The number of carbonyl (C=O) groups excluding carboxylic acids is 2. The zero-order chi connectivity index (χ0) is 18.0. The topological polar surface area (TPSA) is 84.0 Å². The number of nitrogens with one attached hydrogen (secondary N) is 2. The first-order chi connectivity index (χ1) is 11.2. The number of thioether (sulfide) groups is 1. The van der Waals surface area contributed by atoms with Crippen LogP contribution in [0.1, 0.15) is 37.0 Å². The van der Waals surface area contributed by atoms with Crippen LogP contribution in [0, 0.1) is 20.8 Å². The second-order valence-corrected chi connectivity index (χ2v) is 8.45. The highest BCUT2D eigenvalue weighted by molar-refractivity contribution is 8.00. The van der Waals surface area contributed by atoms with Crippen LogP contribution in [0.2, 0.25) is 0 Å². The van der Waals surface area contributed by atoms with Gasteiger partial charge in [-0.2, -0.15) is 0 Å². The fraction of sp³-hybridized carbons (Fsp3) is 0.500. The highest BCUT2D eigenvalue weighted by atomic mass is 32.2. The van der Waals surface area contributed by atoms with Crippen molar-refractivity contribution in [3.63, 3.8) is 0 Å². The van der Waals surface area contributed by atoms with Gasteiger partial charge in [-0.15, -0.1) is 11.3 Å². The molecular formula is C16H22N4O2S2. The summed E-state index contributed by atoms with van der Waals surface area (Å²) in [5.41, 5.74) is 1.14. The second kappa shape index (κ2) is 7.48. The predicted molar refractivity (Wildman–Crippen MR) is 98.8 cm³/mol. The Morgan fingerprint density at radius 1 is 1.12 bits per heavy atom. The number of aryl methyl sites for hydroxylation is 3. The molecule has 0 aliphatic heterocycles. The molecule has 1 atom stereocenters. The predicted octanol–water partition coefficient (Wildman–Crippen LogP) is 3.33. The van der Waals surface area contributed by atoms with Gasteiger partial charge < -0.3 is 5.32 Å². The third-order valence-corrected chi connectivity index (χ3v) is 5.61. The molecule has 0 saturated heterocycles. The maximum atomic E-state index is 12.2. The minimum Gasteiger partial charge on any atom is -0.336 e. The number of hydrogen-bond donors (Lipinski definition) is 2. The van der Waals surface area contributed by atoms with Gasteiger partial charge in [0.15, 0.2) is 0 Å². The van der Waals surface area contributed by atoms with Gasteiger partial charge in [0, 0.05) is 16.3 Å². The smallest absolute Gasteiger partial charge is 0.321 e. The van der Waals surface area contributed by atoms with Crippen LogP contribution < -0.4 is 10.6 Å². The first-order valence-electron chi connectivity index (χ1n) is 7.71. The van der Waals surface area contributed by atoms with E-state index in [1.165, 1.54) is 16.6 Å². The van der Waals surface area contributed by atoms with E-state index in [0.29, 0.717) is 5.82 Å². The van der Waals surface area contributed by atoms with E-state index in [-0.39, 0.29) is 11.9 Å². The molecule has 2 heterocycles. The summed E-state index contributed by atoms with van der Waals surface area (Å²) in [6, 6.07) is -0.504. The summed E-state index contributed by atoms with van der Waals surface area (Å²) < 4.78 is 0. The van der Waals surface area contributed by atoms with E-state index < -0.39 is 11.3 Å². The first-order valence-corrected chi connectivity index (χ1v) is 9.41. The molecule has 0 radical (unpaired) electrons. The van der Waals surface area contributed by atoms with Gasteiger partial charge in [-0.05, 0) is 47.1 Å². The van der Waals surface area contributed by atoms with Gasteiger partial charge in [-0.3, -0.25) is 10.1 Å². The van der Waals surface area contributed by atoms with Crippen molar-refractivity contribution >= 4 is 45.3 Å². The van der Waals surface area contributed by atoms with Gasteiger partial charge in [-0.25, -0.2) is 14.8 Å². The molecule has 0 aliphatic rings. The van der Waals surface area contributed by atoms with E-state index >= 15 is 0 Å². The lowest BCUT2D eigenvalue weighted by molar-refractivity contribution is -0.119. The van der Waals surface area contributed by atoms with Crippen molar-refractivity contribution in [1.82, 2.24) is 20.6 Å². The molecule has 2 aromatic rings. The summed E-state index contributed by atoms with van der Waals surface area (Å²) in [5, 5.41) is 6.34. The second-order valence-electron chi connectivity index (χ2n) is 5.92. The Balaban J connectivity index is 2.20. The molecule has 2 N–H and O–H groups in total. The van der Waals surface area contributed by atoms with Gasteiger partial charge >= 0.3 is 6.03 Å². The van der Waals surface area contributed by atoms with E-state index in [9.17, 15) is 9.59 Å². The Labute approximate surface area is 149 Å². The van der Waals surface area contributed by atoms with Gasteiger partial charge in [0.05, 0.1) is 5.25 Å². The van der Waals surface area contributed by atoms with Gasteiger partial charge in [-0.1, -0.05) is 11.8 Å². The number of carbonyl (C=O) groups is 2. The molecule has 6 nitrogen and oxygen atoms in total. The minimum absolute atomic E-state index is 0.0265. The summed E-state index contributed by atoms with van der Waals surface area (Å²) in [6.45, 7) is 11.4. The molecule has 3 amide bonds. The molecular weight excluding hydrogens is 344 g/mol. The van der Waals surface area contributed by atoms with Crippen molar-refractivity contribution in [3.8, 4) is 0 Å². The van der Waals surface area contributed by atoms with Crippen LogP contribution in [-0.4, -0.2) is 33.2 Å². The van der Waals surface area contributed by atoms with Crippen LogP contribution in [0.4, 0.5) is 4.79 Å². The highest BCUT2D eigenvalue weighted by Crippen LogP contribution is 2.36. The van der Waals surface area contributed by atoms with Crippen molar-refractivity contribution in [3.05, 3.63) is 16.3 Å². The number of imide groups is 1. The van der Waals surface area contributed by atoms with E-state index in [4.69, 9.17) is 0 Å². The number of urea groups is 1. The molecule has 0 bridgehead atoms. The molecule has 8 heteroatoms. The number of fused-ring (bicyclic) bond motifs is 1. The lowest BCUT2D eigenvalue weighted by atomic mass is 10.2. The SMILES string of the molecule is Cc1nc(S[C@H](C)C(=O)NC(=O)NC(C)C)c2c(C)c(C)sc2n1. The van der Waals surface area contributed by atoms with E-state index in [0.717, 1.165) is 20.8 Å². The fourth-order valence-electron chi connectivity index (χ4n) is 2.13. The number of rotatable bonds is 4. The maximum Gasteiger partial charge on any atom is 0.321 e. The summed E-state index contributed by atoms with van der Waals surface area (Å²) >= 11 is 2.98. The average molecular weight is 367 g/mol. The first kappa shape index (κ1) is 18.7. The molecule has 0 saturated carbocycles. The number of thiophene rings is 1. The molecule has 24 heavy (non-hydrogen) atoms. The molecule has 0 aliphatic carbocycles. The molecule has 130 valence electrons. The summed E-state index contributed by atoms with van der Waals surface area (Å²) in [5.74, 6) is 0.337. The van der Waals surface area contributed by atoms with Crippen molar-refractivity contribution in [2.24, 2.45) is 0 Å². The van der Waals surface area contributed by atoms with E-state index in [1.54, 1.807) is 18.3 Å². The molecule has 0 spiro atoms. The Hall–Kier alpha value is -1.67. The average Bonchev–Trinajstić information content (AvgIpc) is 2.72. The van der Waals surface area contributed by atoms with Gasteiger partial charge in [0.25, 0.3) is 0 Å². The standard InChI is InChI=1S/C16H22N4O2S2/c1-7(2)17-16(22)20-13(21)10(5)24-15-12-8(3)9(4)23-14(12)18-11(6)19-15/h7,10H,1-6H3,(H2,17,20,21,22)/t10-/m1/s1. The highest BCUT2D eigenvalue weighted by Gasteiger charge is 2.21. The van der Waals surface area contributed by atoms with Crippen LogP contribution in [0.5, 0.6) is 0 Å². The Kier molecular flexibility index (Phi) is 5.82. The largest absolute Gasteiger partial charge is 0.336 e. The van der Waals surface area contributed by atoms with E-state index in [2.05, 4.69) is 27.5 Å². The number of aromatic nitrogens is 2. The Bertz CT molecular complexity index is 786. The maximum absolute atomic E-state index is 12.2. The zero-order valence-corrected chi connectivity index (χ0v) is 16.3. The van der Waals surface area contributed by atoms with Crippen molar-refractivity contribution in [1.29, 1.82) is 0 Å². The van der Waals surface area contributed by atoms with Crippen LogP contribution >= 0.6 is 23.1 Å². The Morgan fingerprint density at radius 3 is 2.42 bits per heavy atom. The Morgan fingerprint density at radius 2 is 1.79 bits per heavy atom. The third-order valence-electron chi connectivity index (χ3n) is 3.42. The zero-order valence-electron chi connectivity index (χ0n) is 14.7. The normalized spacial score (nSPS) is 12.5. The van der Waals surface area contributed by atoms with Gasteiger partial charge in [0.1, 0.15) is 15.7 Å². The summed E-state index contributed by atoms with van der Waals surface area (Å²) in [7, 11) is 0. The number of amides is 3. The molecule has 2 aromatic heterocycles. The lowest BCUT2D eigenvalue weighted by Gasteiger charge is -2.13. The summed E-state index contributed by atoms with van der Waals surface area (Å²) in [6.07, 6.45) is 0. The minimum atomic E-state index is -0.478. The number of nitrogens with zero attached hydrogens (tertiary/aromatic N) is 2.